The standard InChI is InChI=1S/C23H34O/c1-18-5-9-20(10-6-18)22-13-15-23(16-14-22)21-11-7-19(8-12-21)4-3-17-24-2/h3-6,9-10,19,21-23H,7-8,11-17H2,1-2H3. The van der Waals surface area contributed by atoms with Gasteiger partial charge in [-0.15, -0.1) is 0 Å². The molecule has 0 spiro atoms. The highest BCUT2D eigenvalue weighted by Gasteiger charge is 2.30. The molecular formula is C23H34O. The van der Waals surface area contributed by atoms with E-state index in [1.807, 2.05) is 0 Å². The Morgan fingerprint density at radius 3 is 2.04 bits per heavy atom. The molecule has 132 valence electrons. The molecule has 1 nitrogen and oxygen atoms in total. The van der Waals surface area contributed by atoms with Gasteiger partial charge in [0.05, 0.1) is 6.61 Å². The molecular weight excluding hydrogens is 292 g/mol. The van der Waals surface area contributed by atoms with Crippen LogP contribution in [0.25, 0.3) is 0 Å². The van der Waals surface area contributed by atoms with Crippen LogP contribution in [0.2, 0.25) is 0 Å². The lowest BCUT2D eigenvalue weighted by Gasteiger charge is -2.37. The maximum atomic E-state index is 5.12. The van der Waals surface area contributed by atoms with Gasteiger partial charge in [-0.2, -0.15) is 0 Å². The molecule has 0 aliphatic heterocycles. The fraction of sp³-hybridized carbons (Fsp3) is 0.652. The average Bonchev–Trinajstić information content (AvgIpc) is 2.63. The highest BCUT2D eigenvalue weighted by atomic mass is 16.5. The number of benzene rings is 1. The molecule has 3 rings (SSSR count). The van der Waals surface area contributed by atoms with Gasteiger partial charge in [-0.1, -0.05) is 42.0 Å². The number of methoxy groups -OCH3 is 1. The first-order chi connectivity index (χ1) is 11.8. The fourth-order valence-electron chi connectivity index (χ4n) is 4.92. The van der Waals surface area contributed by atoms with Gasteiger partial charge in [0.2, 0.25) is 0 Å². The largest absolute Gasteiger partial charge is 0.381 e. The van der Waals surface area contributed by atoms with Crippen molar-refractivity contribution >= 4 is 0 Å². The molecule has 2 fully saturated rings. The zero-order valence-electron chi connectivity index (χ0n) is 15.5. The molecule has 2 saturated carbocycles. The monoisotopic (exact) mass is 326 g/mol. The van der Waals surface area contributed by atoms with E-state index in [1.165, 1.54) is 56.9 Å². The van der Waals surface area contributed by atoms with Crippen molar-refractivity contribution in [2.24, 2.45) is 17.8 Å². The first-order valence-electron chi connectivity index (χ1n) is 9.98. The molecule has 0 saturated heterocycles. The second kappa shape index (κ2) is 8.85. The van der Waals surface area contributed by atoms with E-state index < -0.39 is 0 Å². The van der Waals surface area contributed by atoms with Crippen LogP contribution in [0.15, 0.2) is 36.4 Å². The smallest absolute Gasteiger partial charge is 0.0643 e. The lowest BCUT2D eigenvalue weighted by molar-refractivity contribution is 0.171. The van der Waals surface area contributed by atoms with E-state index in [4.69, 9.17) is 4.74 Å². The second-order valence-electron chi connectivity index (χ2n) is 8.08. The van der Waals surface area contributed by atoms with Gasteiger partial charge in [-0.05, 0) is 87.5 Å². The first-order valence-corrected chi connectivity index (χ1v) is 9.98. The van der Waals surface area contributed by atoms with Gasteiger partial charge in [0.25, 0.3) is 0 Å². The molecule has 0 unspecified atom stereocenters. The minimum Gasteiger partial charge on any atom is -0.381 e. The average molecular weight is 327 g/mol. The highest BCUT2D eigenvalue weighted by Crippen LogP contribution is 2.44. The van der Waals surface area contributed by atoms with Crippen molar-refractivity contribution in [3.8, 4) is 0 Å². The highest BCUT2D eigenvalue weighted by molar-refractivity contribution is 5.24. The quantitative estimate of drug-likeness (QED) is 0.579. The second-order valence-corrected chi connectivity index (χ2v) is 8.08. The third-order valence-electron chi connectivity index (χ3n) is 6.47. The molecule has 0 bridgehead atoms. The first kappa shape index (κ1) is 17.7. The van der Waals surface area contributed by atoms with Crippen LogP contribution in [0.1, 0.15) is 68.4 Å². The van der Waals surface area contributed by atoms with Gasteiger partial charge in [-0.3, -0.25) is 0 Å². The minimum absolute atomic E-state index is 0.767. The molecule has 1 aromatic carbocycles. The molecule has 2 aliphatic carbocycles. The molecule has 0 N–H and O–H groups in total. The Hall–Kier alpha value is -1.08. The number of hydrogen-bond donors (Lipinski definition) is 0. The lowest BCUT2D eigenvalue weighted by atomic mass is 9.68. The van der Waals surface area contributed by atoms with Crippen LogP contribution >= 0.6 is 0 Å². The number of aryl methyl sites for hydroxylation is 1. The Morgan fingerprint density at radius 1 is 0.875 bits per heavy atom. The SMILES string of the molecule is COCC=CC1CCC(C2CCC(c3ccc(C)cc3)CC2)CC1. The molecule has 0 aromatic heterocycles. The van der Waals surface area contributed by atoms with Gasteiger partial charge in [0, 0.05) is 7.11 Å². The third kappa shape index (κ3) is 4.72. The number of hydrogen-bond acceptors (Lipinski definition) is 1. The van der Waals surface area contributed by atoms with Gasteiger partial charge in [0.1, 0.15) is 0 Å². The van der Waals surface area contributed by atoms with Gasteiger partial charge >= 0.3 is 0 Å². The summed E-state index contributed by atoms with van der Waals surface area (Å²) in [4.78, 5) is 0. The summed E-state index contributed by atoms with van der Waals surface area (Å²) in [6.07, 6.45) is 16.0. The van der Waals surface area contributed by atoms with E-state index in [1.54, 1.807) is 12.7 Å². The maximum Gasteiger partial charge on any atom is 0.0643 e. The van der Waals surface area contributed by atoms with Crippen LogP contribution in [-0.4, -0.2) is 13.7 Å². The molecule has 2 aliphatic rings. The van der Waals surface area contributed by atoms with Crippen LogP contribution in [0.5, 0.6) is 0 Å². The summed E-state index contributed by atoms with van der Waals surface area (Å²) < 4.78 is 5.12. The van der Waals surface area contributed by atoms with Gasteiger partial charge in [0.15, 0.2) is 0 Å². The summed E-state index contributed by atoms with van der Waals surface area (Å²) in [5, 5.41) is 0. The topological polar surface area (TPSA) is 9.23 Å². The number of ether oxygens (including phenoxy) is 1. The Labute approximate surface area is 148 Å². The molecule has 0 amide bonds. The third-order valence-corrected chi connectivity index (χ3v) is 6.47. The summed E-state index contributed by atoms with van der Waals surface area (Å²) in [5.74, 6) is 3.61. The van der Waals surface area contributed by atoms with Gasteiger partial charge in [-0.25, -0.2) is 0 Å². The van der Waals surface area contributed by atoms with E-state index in [-0.39, 0.29) is 0 Å². The van der Waals surface area contributed by atoms with E-state index in [9.17, 15) is 0 Å². The maximum absolute atomic E-state index is 5.12. The lowest BCUT2D eigenvalue weighted by Crippen LogP contribution is -2.25. The van der Waals surface area contributed by atoms with Gasteiger partial charge < -0.3 is 4.74 Å². The molecule has 0 heterocycles. The predicted octanol–water partition coefficient (Wildman–Crippen LogP) is 6.28. The fourth-order valence-corrected chi connectivity index (χ4v) is 4.92. The van der Waals surface area contributed by atoms with Crippen molar-refractivity contribution in [3.05, 3.63) is 47.5 Å². The normalized spacial score (nSPS) is 31.4. The summed E-state index contributed by atoms with van der Waals surface area (Å²) >= 11 is 0. The van der Waals surface area contributed by atoms with Crippen LogP contribution in [0.3, 0.4) is 0 Å². The van der Waals surface area contributed by atoms with Crippen molar-refractivity contribution in [3.63, 3.8) is 0 Å². The minimum atomic E-state index is 0.767. The predicted molar refractivity (Wildman–Crippen MR) is 102 cm³/mol. The van der Waals surface area contributed by atoms with E-state index >= 15 is 0 Å². The van der Waals surface area contributed by atoms with Crippen LogP contribution in [-0.2, 0) is 4.74 Å². The van der Waals surface area contributed by atoms with Crippen molar-refractivity contribution < 1.29 is 4.74 Å². The van der Waals surface area contributed by atoms with E-state index in [0.717, 1.165) is 30.3 Å². The zero-order chi connectivity index (χ0) is 16.8. The van der Waals surface area contributed by atoms with Crippen molar-refractivity contribution in [2.45, 2.75) is 64.2 Å². The molecule has 1 aromatic rings. The summed E-state index contributed by atoms with van der Waals surface area (Å²) in [6, 6.07) is 9.27. The summed E-state index contributed by atoms with van der Waals surface area (Å²) in [7, 11) is 1.77. The Bertz CT molecular complexity index is 499. The van der Waals surface area contributed by atoms with Crippen LogP contribution < -0.4 is 0 Å². The van der Waals surface area contributed by atoms with Crippen molar-refractivity contribution in [1.82, 2.24) is 0 Å². The Balaban J connectivity index is 1.43. The molecule has 1 heteroatoms. The zero-order valence-corrected chi connectivity index (χ0v) is 15.5. The number of allylic oxidation sites excluding steroid dienone is 1. The van der Waals surface area contributed by atoms with E-state index in [2.05, 4.69) is 43.3 Å². The number of rotatable bonds is 5. The summed E-state index contributed by atoms with van der Waals surface area (Å²) in [6.45, 7) is 2.95. The van der Waals surface area contributed by atoms with Crippen molar-refractivity contribution in [2.75, 3.05) is 13.7 Å². The van der Waals surface area contributed by atoms with Crippen molar-refractivity contribution in [1.29, 1.82) is 0 Å². The van der Waals surface area contributed by atoms with Crippen LogP contribution in [0.4, 0.5) is 0 Å². The Kier molecular flexibility index (Phi) is 6.54. The molecule has 24 heavy (non-hydrogen) atoms. The van der Waals surface area contributed by atoms with E-state index in [0.29, 0.717) is 0 Å². The van der Waals surface area contributed by atoms with Crippen LogP contribution in [0, 0.1) is 24.7 Å². The Morgan fingerprint density at radius 2 is 1.46 bits per heavy atom. The summed E-state index contributed by atoms with van der Waals surface area (Å²) in [5.41, 5.74) is 2.95. The molecule has 0 atom stereocenters. The molecule has 0 radical (unpaired) electrons.